The van der Waals surface area contributed by atoms with Gasteiger partial charge in [-0.1, -0.05) is 30.3 Å². The fourth-order valence-electron chi connectivity index (χ4n) is 3.64. The Bertz CT molecular complexity index is 1440. The minimum Gasteiger partial charge on any atom is -0.497 e. The number of nitro groups is 3. The van der Waals surface area contributed by atoms with Crippen molar-refractivity contribution >= 4 is 34.1 Å². The summed E-state index contributed by atoms with van der Waals surface area (Å²) in [7, 11) is 1.54. The average molecular weight is 502 g/mol. The number of hydrogen-bond acceptors (Lipinski definition) is 9. The molecule has 0 unspecified atom stereocenters. The van der Waals surface area contributed by atoms with Crippen LogP contribution in [0.15, 0.2) is 91.0 Å². The van der Waals surface area contributed by atoms with Crippen LogP contribution in [0.4, 0.5) is 34.1 Å². The van der Waals surface area contributed by atoms with Crippen LogP contribution in [0.1, 0.15) is 0 Å². The van der Waals surface area contributed by atoms with Crippen molar-refractivity contribution in [3.63, 3.8) is 0 Å². The van der Waals surface area contributed by atoms with Gasteiger partial charge in [-0.25, -0.2) is 0 Å². The van der Waals surface area contributed by atoms with Crippen LogP contribution in [-0.4, -0.2) is 21.9 Å². The number of para-hydroxylation sites is 3. The molecule has 0 N–H and O–H groups in total. The fourth-order valence-corrected chi connectivity index (χ4v) is 3.64. The molecule has 186 valence electrons. The molecular formula is C25H18N4O8. The van der Waals surface area contributed by atoms with Crippen LogP contribution < -0.4 is 14.4 Å². The largest absolute Gasteiger partial charge is 0.497 e. The van der Waals surface area contributed by atoms with Crippen molar-refractivity contribution < 1.29 is 24.2 Å². The van der Waals surface area contributed by atoms with Gasteiger partial charge >= 0.3 is 11.4 Å². The number of methoxy groups -OCH3 is 1. The third kappa shape index (κ3) is 5.12. The van der Waals surface area contributed by atoms with Gasteiger partial charge in [-0.15, -0.1) is 0 Å². The van der Waals surface area contributed by atoms with Crippen molar-refractivity contribution in [1.82, 2.24) is 0 Å². The molecule has 0 bridgehead atoms. The zero-order valence-electron chi connectivity index (χ0n) is 19.2. The molecule has 0 aromatic heterocycles. The zero-order chi connectivity index (χ0) is 26.5. The number of nitrogens with zero attached hydrogens (tertiary/aromatic N) is 4. The van der Waals surface area contributed by atoms with Crippen molar-refractivity contribution in [2.75, 3.05) is 12.0 Å². The van der Waals surface area contributed by atoms with Gasteiger partial charge < -0.3 is 14.4 Å². The highest BCUT2D eigenvalue weighted by molar-refractivity contribution is 5.81. The number of nitro benzene ring substituents is 3. The molecule has 0 aliphatic rings. The molecule has 4 aromatic carbocycles. The third-order valence-electron chi connectivity index (χ3n) is 5.30. The number of ether oxygens (including phenoxy) is 2. The van der Waals surface area contributed by atoms with E-state index in [1.807, 2.05) is 30.3 Å². The number of benzene rings is 4. The standard InChI is InChI=1S/C25H18N4O8/c1-36-20-13-11-18(12-14-20)26(17-7-3-2-4-8-17)21-9-5-6-10-24(21)37-25-22(28(32)33)15-19(27(30)31)16-23(25)29(34)35/h2-16H,1H3. The first-order valence-corrected chi connectivity index (χ1v) is 10.7. The molecule has 0 spiro atoms. The van der Waals surface area contributed by atoms with Gasteiger partial charge in [0.2, 0.25) is 0 Å². The molecule has 0 radical (unpaired) electrons. The Morgan fingerprint density at radius 3 is 1.76 bits per heavy atom. The molecule has 12 heteroatoms. The Kier molecular flexibility index (Phi) is 6.91. The Morgan fingerprint density at radius 2 is 1.22 bits per heavy atom. The number of rotatable bonds is 9. The van der Waals surface area contributed by atoms with Crippen LogP contribution in [0.25, 0.3) is 0 Å². The molecule has 0 amide bonds. The summed E-state index contributed by atoms with van der Waals surface area (Å²) in [5.74, 6) is -0.0588. The molecule has 0 saturated heterocycles. The van der Waals surface area contributed by atoms with Gasteiger partial charge in [0.25, 0.3) is 11.4 Å². The summed E-state index contributed by atoms with van der Waals surface area (Å²) >= 11 is 0. The van der Waals surface area contributed by atoms with Crippen LogP contribution in [0.5, 0.6) is 17.2 Å². The van der Waals surface area contributed by atoms with E-state index < -0.39 is 37.6 Å². The molecule has 0 saturated carbocycles. The first kappa shape index (κ1) is 24.6. The molecule has 0 fully saturated rings. The highest BCUT2D eigenvalue weighted by atomic mass is 16.6. The smallest absolute Gasteiger partial charge is 0.325 e. The molecule has 4 rings (SSSR count). The third-order valence-corrected chi connectivity index (χ3v) is 5.30. The van der Waals surface area contributed by atoms with Crippen molar-refractivity contribution in [3.8, 4) is 17.2 Å². The summed E-state index contributed by atoms with van der Waals surface area (Å²) in [5.41, 5.74) is -0.839. The number of hydrogen-bond donors (Lipinski definition) is 0. The van der Waals surface area contributed by atoms with E-state index in [1.165, 1.54) is 13.2 Å². The Morgan fingerprint density at radius 1 is 0.676 bits per heavy atom. The number of non-ortho nitro benzene ring substituents is 1. The SMILES string of the molecule is COc1ccc(N(c2ccccc2)c2ccccc2Oc2c([N+](=O)[O-])cc([N+](=O)[O-])cc2[N+](=O)[O-])cc1. The van der Waals surface area contributed by atoms with Gasteiger partial charge in [-0.2, -0.15) is 0 Å². The van der Waals surface area contributed by atoms with Gasteiger partial charge in [0.05, 0.1) is 39.7 Å². The van der Waals surface area contributed by atoms with E-state index in [1.54, 1.807) is 47.4 Å². The molecular weight excluding hydrogens is 484 g/mol. The normalized spacial score (nSPS) is 10.4. The molecule has 0 aliphatic carbocycles. The van der Waals surface area contributed by atoms with E-state index in [0.29, 0.717) is 34.9 Å². The fraction of sp³-hybridized carbons (Fsp3) is 0.0400. The molecule has 0 atom stereocenters. The van der Waals surface area contributed by atoms with E-state index in [2.05, 4.69) is 0 Å². The van der Waals surface area contributed by atoms with Crippen molar-refractivity contribution in [2.45, 2.75) is 0 Å². The van der Waals surface area contributed by atoms with Crippen LogP contribution in [0, 0.1) is 30.3 Å². The summed E-state index contributed by atoms with van der Waals surface area (Å²) in [6.07, 6.45) is 0. The second-order valence-electron chi connectivity index (χ2n) is 7.52. The predicted molar refractivity (Wildman–Crippen MR) is 134 cm³/mol. The lowest BCUT2D eigenvalue weighted by molar-refractivity contribution is -0.404. The van der Waals surface area contributed by atoms with Crippen LogP contribution in [0.3, 0.4) is 0 Å². The highest BCUT2D eigenvalue weighted by Gasteiger charge is 2.33. The number of anilines is 3. The van der Waals surface area contributed by atoms with E-state index in [-0.39, 0.29) is 5.75 Å². The monoisotopic (exact) mass is 502 g/mol. The van der Waals surface area contributed by atoms with Crippen LogP contribution >= 0.6 is 0 Å². The molecule has 4 aromatic rings. The second kappa shape index (κ2) is 10.4. The van der Waals surface area contributed by atoms with Crippen LogP contribution in [-0.2, 0) is 0 Å². The molecule has 0 heterocycles. The molecule has 37 heavy (non-hydrogen) atoms. The Labute approximate surface area is 209 Å². The summed E-state index contributed by atoms with van der Waals surface area (Å²) in [6, 6.07) is 24.0. The summed E-state index contributed by atoms with van der Waals surface area (Å²) in [4.78, 5) is 33.6. The molecule has 12 nitrogen and oxygen atoms in total. The first-order valence-electron chi connectivity index (χ1n) is 10.7. The summed E-state index contributed by atoms with van der Waals surface area (Å²) in [6.45, 7) is 0. The van der Waals surface area contributed by atoms with E-state index >= 15 is 0 Å². The van der Waals surface area contributed by atoms with E-state index in [9.17, 15) is 30.3 Å². The summed E-state index contributed by atoms with van der Waals surface area (Å²) in [5, 5.41) is 34.7. The summed E-state index contributed by atoms with van der Waals surface area (Å²) < 4.78 is 11.1. The van der Waals surface area contributed by atoms with Crippen molar-refractivity contribution in [1.29, 1.82) is 0 Å². The van der Waals surface area contributed by atoms with Gasteiger partial charge in [0.1, 0.15) is 5.75 Å². The maximum atomic E-state index is 11.7. The van der Waals surface area contributed by atoms with Crippen LogP contribution in [0.2, 0.25) is 0 Å². The second-order valence-corrected chi connectivity index (χ2v) is 7.52. The van der Waals surface area contributed by atoms with Gasteiger partial charge in [-0.05, 0) is 48.5 Å². The van der Waals surface area contributed by atoms with Gasteiger partial charge in [0.15, 0.2) is 5.75 Å². The quantitative estimate of drug-likeness (QED) is 0.180. The minimum atomic E-state index is -0.962. The van der Waals surface area contributed by atoms with Crippen molar-refractivity contribution in [3.05, 3.63) is 121 Å². The Hall–Kier alpha value is -5.52. The van der Waals surface area contributed by atoms with Crippen molar-refractivity contribution in [2.24, 2.45) is 0 Å². The minimum absolute atomic E-state index is 0.0437. The highest BCUT2D eigenvalue weighted by Crippen LogP contribution is 2.47. The Balaban J connectivity index is 1.91. The molecule has 0 aliphatic heterocycles. The topological polar surface area (TPSA) is 151 Å². The maximum Gasteiger partial charge on any atom is 0.325 e. The lowest BCUT2D eigenvalue weighted by Gasteiger charge is -2.27. The van der Waals surface area contributed by atoms with Gasteiger partial charge in [0, 0.05) is 11.4 Å². The predicted octanol–water partition coefficient (Wildman–Crippen LogP) is 6.68. The zero-order valence-corrected chi connectivity index (χ0v) is 19.2. The lowest BCUT2D eigenvalue weighted by atomic mass is 10.1. The average Bonchev–Trinajstić information content (AvgIpc) is 2.90. The van der Waals surface area contributed by atoms with Gasteiger partial charge in [-0.3, -0.25) is 30.3 Å². The maximum absolute atomic E-state index is 11.7. The first-order chi connectivity index (χ1) is 17.8. The lowest BCUT2D eigenvalue weighted by Crippen LogP contribution is -2.11. The van der Waals surface area contributed by atoms with E-state index in [0.717, 1.165) is 0 Å². The van der Waals surface area contributed by atoms with E-state index in [4.69, 9.17) is 9.47 Å².